The van der Waals surface area contributed by atoms with Gasteiger partial charge in [-0.25, -0.2) is 4.98 Å². The molecule has 1 aliphatic rings. The molecule has 3 N–H and O–H groups in total. The molecule has 1 aliphatic heterocycles. The molecule has 3 rings (SSSR count). The molecule has 1 fully saturated rings. The highest BCUT2D eigenvalue weighted by Gasteiger charge is 2.20. The minimum Gasteiger partial charge on any atom is -0.348 e. The SMILES string of the molecule is N[C@H](Cc1cnc[nH]1)c1nc(N2CCCCC2)no1. The largest absolute Gasteiger partial charge is 0.348 e. The van der Waals surface area contributed by atoms with Gasteiger partial charge >= 0.3 is 0 Å². The molecular formula is C12H18N6O. The molecule has 0 bridgehead atoms. The first-order chi connectivity index (χ1) is 9.33. The van der Waals surface area contributed by atoms with E-state index in [0.29, 0.717) is 18.3 Å². The summed E-state index contributed by atoms with van der Waals surface area (Å²) in [5, 5.41) is 4.02. The third kappa shape index (κ3) is 2.76. The Morgan fingerprint density at radius 1 is 1.37 bits per heavy atom. The number of imidazole rings is 1. The number of hydrogen-bond donors (Lipinski definition) is 2. The number of hydrogen-bond acceptors (Lipinski definition) is 6. The van der Waals surface area contributed by atoms with Gasteiger partial charge in [-0.1, -0.05) is 0 Å². The third-order valence-corrected chi connectivity index (χ3v) is 3.38. The van der Waals surface area contributed by atoms with Crippen molar-refractivity contribution in [1.82, 2.24) is 20.1 Å². The molecule has 19 heavy (non-hydrogen) atoms. The smallest absolute Gasteiger partial charge is 0.266 e. The lowest BCUT2D eigenvalue weighted by atomic mass is 10.1. The fraction of sp³-hybridized carbons (Fsp3) is 0.583. The number of rotatable bonds is 4. The van der Waals surface area contributed by atoms with Gasteiger partial charge in [0.25, 0.3) is 5.95 Å². The molecule has 2 aromatic heterocycles. The Morgan fingerprint density at radius 3 is 2.95 bits per heavy atom. The van der Waals surface area contributed by atoms with Gasteiger partial charge in [-0.05, 0) is 24.4 Å². The minimum absolute atomic E-state index is 0.300. The number of aromatic amines is 1. The predicted octanol–water partition coefficient (Wildman–Crippen LogP) is 1.03. The van der Waals surface area contributed by atoms with Crippen molar-refractivity contribution in [3.05, 3.63) is 24.1 Å². The molecule has 0 aromatic carbocycles. The summed E-state index contributed by atoms with van der Waals surface area (Å²) in [4.78, 5) is 13.5. The second kappa shape index (κ2) is 5.40. The summed E-state index contributed by atoms with van der Waals surface area (Å²) in [5.41, 5.74) is 7.03. The average Bonchev–Trinajstić information content (AvgIpc) is 3.10. The molecule has 0 unspecified atom stereocenters. The van der Waals surface area contributed by atoms with Crippen LogP contribution in [0.5, 0.6) is 0 Å². The molecule has 0 aliphatic carbocycles. The zero-order valence-corrected chi connectivity index (χ0v) is 10.7. The molecule has 1 saturated heterocycles. The first kappa shape index (κ1) is 12.2. The van der Waals surface area contributed by atoms with Crippen molar-refractivity contribution in [2.45, 2.75) is 31.7 Å². The van der Waals surface area contributed by atoms with E-state index in [-0.39, 0.29) is 6.04 Å². The van der Waals surface area contributed by atoms with Crippen LogP contribution >= 0.6 is 0 Å². The Balaban J connectivity index is 1.66. The lowest BCUT2D eigenvalue weighted by Crippen LogP contribution is -2.30. The van der Waals surface area contributed by atoms with Crippen LogP contribution in [0.25, 0.3) is 0 Å². The van der Waals surface area contributed by atoms with E-state index in [2.05, 4.69) is 25.0 Å². The van der Waals surface area contributed by atoms with Crippen LogP contribution in [0.2, 0.25) is 0 Å². The molecule has 3 heterocycles. The van der Waals surface area contributed by atoms with Gasteiger partial charge in [-0.3, -0.25) is 0 Å². The number of H-pyrrole nitrogens is 1. The maximum absolute atomic E-state index is 6.07. The van der Waals surface area contributed by atoms with Gasteiger partial charge in [0.1, 0.15) is 0 Å². The number of nitrogens with two attached hydrogens (primary N) is 1. The van der Waals surface area contributed by atoms with Crippen molar-refractivity contribution in [2.24, 2.45) is 5.73 Å². The predicted molar refractivity (Wildman–Crippen MR) is 69.6 cm³/mol. The maximum Gasteiger partial charge on any atom is 0.266 e. The molecule has 1 atom stereocenters. The monoisotopic (exact) mass is 262 g/mol. The van der Waals surface area contributed by atoms with Crippen LogP contribution in [0.4, 0.5) is 5.95 Å². The first-order valence-electron chi connectivity index (χ1n) is 6.64. The highest BCUT2D eigenvalue weighted by molar-refractivity contribution is 5.28. The van der Waals surface area contributed by atoms with Gasteiger partial charge in [0.15, 0.2) is 0 Å². The topological polar surface area (TPSA) is 96.9 Å². The summed E-state index contributed by atoms with van der Waals surface area (Å²) < 4.78 is 5.27. The molecular weight excluding hydrogens is 244 g/mol. The molecule has 0 spiro atoms. The van der Waals surface area contributed by atoms with E-state index in [1.807, 2.05) is 0 Å². The van der Waals surface area contributed by atoms with Crippen molar-refractivity contribution in [2.75, 3.05) is 18.0 Å². The van der Waals surface area contributed by atoms with Crippen LogP contribution in [-0.2, 0) is 6.42 Å². The van der Waals surface area contributed by atoms with E-state index < -0.39 is 0 Å². The summed E-state index contributed by atoms with van der Waals surface area (Å²) in [7, 11) is 0. The second-order valence-electron chi connectivity index (χ2n) is 4.87. The highest BCUT2D eigenvalue weighted by atomic mass is 16.5. The Hall–Kier alpha value is -1.89. The van der Waals surface area contributed by atoms with Crippen molar-refractivity contribution in [1.29, 1.82) is 0 Å². The van der Waals surface area contributed by atoms with E-state index in [4.69, 9.17) is 10.3 Å². The fourth-order valence-electron chi connectivity index (χ4n) is 2.32. The van der Waals surface area contributed by atoms with Gasteiger partial charge in [0.05, 0.1) is 12.4 Å². The van der Waals surface area contributed by atoms with Crippen LogP contribution in [0, 0.1) is 0 Å². The lowest BCUT2D eigenvalue weighted by Gasteiger charge is -2.24. The van der Waals surface area contributed by atoms with E-state index in [9.17, 15) is 0 Å². The van der Waals surface area contributed by atoms with E-state index in [1.54, 1.807) is 12.5 Å². The average molecular weight is 262 g/mol. The van der Waals surface area contributed by atoms with Crippen molar-refractivity contribution >= 4 is 5.95 Å². The van der Waals surface area contributed by atoms with Crippen LogP contribution < -0.4 is 10.6 Å². The number of nitrogens with zero attached hydrogens (tertiary/aromatic N) is 4. The third-order valence-electron chi connectivity index (χ3n) is 3.38. The van der Waals surface area contributed by atoms with E-state index >= 15 is 0 Å². The van der Waals surface area contributed by atoms with Gasteiger partial charge in [0.2, 0.25) is 5.89 Å². The standard InChI is InChI=1S/C12H18N6O/c13-10(6-9-7-14-8-15-9)11-16-12(17-19-11)18-4-2-1-3-5-18/h7-8,10H,1-6,13H2,(H,14,15)/t10-/m1/s1. The quantitative estimate of drug-likeness (QED) is 0.854. The number of nitrogens with one attached hydrogen (secondary N) is 1. The highest BCUT2D eigenvalue weighted by Crippen LogP contribution is 2.19. The molecule has 2 aromatic rings. The van der Waals surface area contributed by atoms with Gasteiger partial charge in [0, 0.05) is 31.4 Å². The van der Waals surface area contributed by atoms with E-state index in [1.165, 1.54) is 19.3 Å². The van der Waals surface area contributed by atoms with Crippen molar-refractivity contribution < 1.29 is 4.52 Å². The Kier molecular flexibility index (Phi) is 3.45. The maximum atomic E-state index is 6.07. The first-order valence-corrected chi connectivity index (χ1v) is 6.64. The molecule has 7 heteroatoms. The molecule has 0 saturated carbocycles. The summed E-state index contributed by atoms with van der Waals surface area (Å²) in [6.45, 7) is 1.99. The summed E-state index contributed by atoms with van der Waals surface area (Å²) in [6.07, 6.45) is 7.65. The lowest BCUT2D eigenvalue weighted by molar-refractivity contribution is 0.352. The van der Waals surface area contributed by atoms with Crippen LogP contribution in [-0.4, -0.2) is 33.2 Å². The van der Waals surface area contributed by atoms with Crippen molar-refractivity contribution in [3.63, 3.8) is 0 Å². The van der Waals surface area contributed by atoms with Crippen molar-refractivity contribution in [3.8, 4) is 0 Å². The molecule has 0 radical (unpaired) electrons. The van der Waals surface area contributed by atoms with Gasteiger partial charge in [-0.2, -0.15) is 4.98 Å². The fourth-order valence-corrected chi connectivity index (χ4v) is 2.32. The summed E-state index contributed by atoms with van der Waals surface area (Å²) >= 11 is 0. The molecule has 0 amide bonds. The minimum atomic E-state index is -0.300. The second-order valence-corrected chi connectivity index (χ2v) is 4.87. The molecule has 102 valence electrons. The Morgan fingerprint density at radius 2 is 2.21 bits per heavy atom. The summed E-state index contributed by atoms with van der Waals surface area (Å²) in [6, 6.07) is -0.300. The van der Waals surface area contributed by atoms with Crippen LogP contribution in [0.15, 0.2) is 17.0 Å². The van der Waals surface area contributed by atoms with Gasteiger partial charge in [-0.15, -0.1) is 0 Å². The Labute approximate surface area is 111 Å². The Bertz CT molecular complexity index is 502. The number of aromatic nitrogens is 4. The zero-order valence-electron chi connectivity index (χ0n) is 10.7. The van der Waals surface area contributed by atoms with Crippen LogP contribution in [0.3, 0.4) is 0 Å². The molecule has 7 nitrogen and oxygen atoms in total. The normalized spacial score (nSPS) is 17.6. The number of piperidine rings is 1. The van der Waals surface area contributed by atoms with E-state index in [0.717, 1.165) is 18.8 Å². The number of anilines is 1. The van der Waals surface area contributed by atoms with Crippen LogP contribution in [0.1, 0.15) is 36.9 Å². The summed E-state index contributed by atoms with van der Waals surface area (Å²) in [5.74, 6) is 1.14. The van der Waals surface area contributed by atoms with Gasteiger partial charge < -0.3 is 20.1 Å². The zero-order chi connectivity index (χ0) is 13.1.